The number of hydrogen-bond acceptors (Lipinski definition) is 8. The Bertz CT molecular complexity index is 1520. The smallest absolute Gasteiger partial charge is 0.361 e. The van der Waals surface area contributed by atoms with Crippen LogP contribution in [0.5, 0.6) is 23.0 Å². The van der Waals surface area contributed by atoms with Crippen molar-refractivity contribution in [1.29, 1.82) is 0 Å². The average Bonchev–Trinajstić information content (AvgIpc) is 3.08. The molecule has 0 bridgehead atoms. The number of benzene rings is 4. The first-order valence-electron chi connectivity index (χ1n) is 14.5. The SMILES string of the molecule is COP(=O)(OC)c1cc(Oc2ccccc2)ccc1C1(c2ccc(Oc3ccccc3)cc2P(=O)(OC)OC)CCCCC1. The van der Waals surface area contributed by atoms with Gasteiger partial charge in [0.1, 0.15) is 23.0 Å². The Balaban J connectivity index is 1.73. The number of ether oxygens (including phenoxy) is 2. The van der Waals surface area contributed by atoms with Crippen molar-refractivity contribution in [3.8, 4) is 23.0 Å². The molecule has 1 fully saturated rings. The molecule has 232 valence electrons. The third-order valence-corrected chi connectivity index (χ3v) is 12.0. The quantitative estimate of drug-likeness (QED) is 0.143. The molecule has 0 saturated heterocycles. The topological polar surface area (TPSA) is 89.5 Å². The molecule has 4 aromatic carbocycles. The van der Waals surface area contributed by atoms with Gasteiger partial charge in [0, 0.05) is 33.9 Å². The van der Waals surface area contributed by atoms with Crippen molar-refractivity contribution in [2.75, 3.05) is 28.4 Å². The summed E-state index contributed by atoms with van der Waals surface area (Å²) in [6.07, 6.45) is 4.24. The fourth-order valence-corrected chi connectivity index (χ4v) is 8.87. The molecule has 0 amide bonds. The minimum absolute atomic E-state index is 0.387. The minimum Gasteiger partial charge on any atom is -0.457 e. The first-order chi connectivity index (χ1) is 21.3. The first kappa shape index (κ1) is 32.2. The van der Waals surface area contributed by atoms with Crippen LogP contribution in [0.25, 0.3) is 0 Å². The monoisotopic (exact) mass is 636 g/mol. The third-order valence-electron chi connectivity index (χ3n) is 8.19. The van der Waals surface area contributed by atoms with Gasteiger partial charge in [0.05, 0.1) is 10.6 Å². The van der Waals surface area contributed by atoms with Gasteiger partial charge in [-0.05, 0) is 72.5 Å². The summed E-state index contributed by atoms with van der Waals surface area (Å²) in [5.74, 6) is 2.25. The standard InChI is InChI=1S/C34H38O8P2/c1-37-43(35,38-2)32-24-28(41-26-14-8-5-9-15-26)18-20-30(32)34(22-12-7-13-23-34)31-21-19-29(42-27-16-10-6-11-17-27)25-33(31)44(36,39-3)40-4/h5-6,8-11,14-21,24-25H,7,12-13,22-23H2,1-4H3. The normalized spacial score (nSPS) is 15.1. The van der Waals surface area contributed by atoms with Gasteiger partial charge in [-0.3, -0.25) is 9.13 Å². The summed E-state index contributed by atoms with van der Waals surface area (Å²) in [7, 11) is -2.10. The third kappa shape index (κ3) is 6.43. The molecule has 8 nitrogen and oxygen atoms in total. The van der Waals surface area contributed by atoms with Crippen LogP contribution in [0.15, 0.2) is 97.1 Å². The van der Waals surface area contributed by atoms with Gasteiger partial charge in [-0.25, -0.2) is 0 Å². The van der Waals surface area contributed by atoms with E-state index in [1.165, 1.54) is 28.4 Å². The lowest BCUT2D eigenvalue weighted by atomic mass is 9.65. The van der Waals surface area contributed by atoms with E-state index in [2.05, 4.69) is 0 Å². The van der Waals surface area contributed by atoms with Crippen LogP contribution in [0.3, 0.4) is 0 Å². The molecule has 1 saturated carbocycles. The van der Waals surface area contributed by atoms with Crippen molar-refractivity contribution < 1.29 is 36.7 Å². The van der Waals surface area contributed by atoms with Crippen LogP contribution < -0.4 is 20.1 Å². The van der Waals surface area contributed by atoms with E-state index in [9.17, 15) is 9.13 Å². The van der Waals surface area contributed by atoms with Gasteiger partial charge in [-0.1, -0.05) is 67.8 Å². The molecule has 1 aliphatic carbocycles. The maximum Gasteiger partial charge on any atom is 0.361 e. The highest BCUT2D eigenvalue weighted by molar-refractivity contribution is 7.62. The van der Waals surface area contributed by atoms with Crippen molar-refractivity contribution >= 4 is 25.8 Å². The maximum atomic E-state index is 14.2. The zero-order chi connectivity index (χ0) is 31.2. The molecule has 0 N–H and O–H groups in total. The Morgan fingerprint density at radius 3 is 1.25 bits per heavy atom. The van der Waals surface area contributed by atoms with Crippen LogP contribution in [0, 0.1) is 0 Å². The van der Waals surface area contributed by atoms with Gasteiger partial charge < -0.3 is 27.6 Å². The zero-order valence-corrected chi connectivity index (χ0v) is 27.2. The molecule has 0 radical (unpaired) electrons. The molecule has 5 rings (SSSR count). The van der Waals surface area contributed by atoms with Crippen LogP contribution in [0.2, 0.25) is 0 Å². The van der Waals surface area contributed by atoms with Gasteiger partial charge in [0.25, 0.3) is 0 Å². The fraction of sp³-hybridized carbons (Fsp3) is 0.294. The largest absolute Gasteiger partial charge is 0.457 e. The molecule has 0 unspecified atom stereocenters. The first-order valence-corrected chi connectivity index (χ1v) is 17.6. The molecule has 0 heterocycles. The van der Waals surface area contributed by atoms with E-state index in [-0.39, 0.29) is 0 Å². The molecule has 0 aliphatic heterocycles. The molecule has 0 atom stereocenters. The Morgan fingerprint density at radius 2 is 0.886 bits per heavy atom. The Hall–Kier alpha value is -3.22. The van der Waals surface area contributed by atoms with Gasteiger partial charge in [-0.2, -0.15) is 0 Å². The molecule has 4 aromatic rings. The van der Waals surface area contributed by atoms with E-state index in [4.69, 9.17) is 27.6 Å². The number of hydrogen-bond donors (Lipinski definition) is 0. The predicted octanol–water partition coefficient (Wildman–Crippen LogP) is 8.74. The summed E-state index contributed by atoms with van der Waals surface area (Å²) >= 11 is 0. The summed E-state index contributed by atoms with van der Waals surface area (Å²) in [6, 6.07) is 29.8. The molecular weight excluding hydrogens is 598 g/mol. The Morgan fingerprint density at radius 1 is 0.500 bits per heavy atom. The molecule has 0 aromatic heterocycles. The van der Waals surface area contributed by atoms with Crippen LogP contribution in [-0.4, -0.2) is 28.4 Å². The lowest BCUT2D eigenvalue weighted by molar-refractivity contribution is 0.284. The minimum atomic E-state index is -3.79. The molecule has 10 heteroatoms. The fourth-order valence-electron chi connectivity index (χ4n) is 6.04. The molecular formula is C34H38O8P2. The second-order valence-electron chi connectivity index (χ2n) is 10.6. The summed E-state index contributed by atoms with van der Waals surface area (Å²) in [4.78, 5) is 0. The number of para-hydroxylation sites is 2. The zero-order valence-electron chi connectivity index (χ0n) is 25.4. The van der Waals surface area contributed by atoms with Crippen molar-refractivity contribution in [1.82, 2.24) is 0 Å². The maximum absolute atomic E-state index is 14.2. The molecule has 1 aliphatic rings. The van der Waals surface area contributed by atoms with E-state index in [0.717, 1.165) is 30.4 Å². The van der Waals surface area contributed by atoms with Gasteiger partial charge in [-0.15, -0.1) is 0 Å². The van der Waals surface area contributed by atoms with E-state index in [0.29, 0.717) is 46.4 Å². The van der Waals surface area contributed by atoms with Gasteiger partial charge in [0.2, 0.25) is 0 Å². The van der Waals surface area contributed by atoms with E-state index < -0.39 is 20.6 Å². The lowest BCUT2D eigenvalue weighted by Gasteiger charge is -2.42. The highest BCUT2D eigenvalue weighted by atomic mass is 31.2. The summed E-state index contributed by atoms with van der Waals surface area (Å²) in [6.45, 7) is 0. The van der Waals surface area contributed by atoms with Crippen LogP contribution >= 0.6 is 15.2 Å². The second-order valence-corrected chi connectivity index (χ2v) is 15.0. The van der Waals surface area contributed by atoms with Crippen LogP contribution in [0.1, 0.15) is 43.2 Å². The van der Waals surface area contributed by atoms with E-state index in [1.807, 2.05) is 84.9 Å². The second kappa shape index (κ2) is 13.8. The highest BCUT2D eigenvalue weighted by Crippen LogP contribution is 2.55. The molecule has 0 spiro atoms. The van der Waals surface area contributed by atoms with Crippen LogP contribution in [0.4, 0.5) is 0 Å². The summed E-state index contributed by atoms with van der Waals surface area (Å²) < 4.78 is 63.0. The van der Waals surface area contributed by atoms with Crippen molar-refractivity contribution in [3.63, 3.8) is 0 Å². The Kier molecular flexibility index (Phi) is 10.1. The molecule has 44 heavy (non-hydrogen) atoms. The summed E-state index contributed by atoms with van der Waals surface area (Å²) in [5.41, 5.74) is 0.779. The van der Waals surface area contributed by atoms with Crippen molar-refractivity contribution in [2.45, 2.75) is 37.5 Å². The van der Waals surface area contributed by atoms with Crippen molar-refractivity contribution in [2.24, 2.45) is 0 Å². The average molecular weight is 637 g/mol. The van der Waals surface area contributed by atoms with Crippen LogP contribution in [-0.2, 0) is 32.6 Å². The van der Waals surface area contributed by atoms with Gasteiger partial charge >= 0.3 is 15.2 Å². The number of rotatable bonds is 12. The lowest BCUT2D eigenvalue weighted by Crippen LogP contribution is -2.39. The highest BCUT2D eigenvalue weighted by Gasteiger charge is 2.45. The Labute approximate surface area is 259 Å². The van der Waals surface area contributed by atoms with E-state index >= 15 is 0 Å². The summed E-state index contributed by atoms with van der Waals surface area (Å²) in [5, 5.41) is 0.774. The predicted molar refractivity (Wildman–Crippen MR) is 172 cm³/mol. The van der Waals surface area contributed by atoms with Crippen molar-refractivity contribution in [3.05, 3.63) is 108 Å². The van der Waals surface area contributed by atoms with Gasteiger partial charge in [0.15, 0.2) is 0 Å². The van der Waals surface area contributed by atoms with E-state index in [1.54, 1.807) is 12.1 Å².